The molecule has 124 valence electrons. The van der Waals surface area contributed by atoms with E-state index in [2.05, 4.69) is 29.2 Å². The standard InChI is InChI=1S/C13H18N2.C4H4O4/c14-8-9-15-12-6-2-1-4-10(12)11-5-3-7-13(11)15;5-3(6)1-2-4(7)8/h1-2,4,6,11,13H,3,5,7-9,14H2;1-2H,(H,5,6)(H,7,8). The highest BCUT2D eigenvalue weighted by Crippen LogP contribution is 2.48. The zero-order valence-corrected chi connectivity index (χ0v) is 12.9. The topological polar surface area (TPSA) is 104 Å². The molecule has 6 nitrogen and oxygen atoms in total. The first-order chi connectivity index (χ1) is 11.0. The van der Waals surface area contributed by atoms with Crippen LogP contribution in [0, 0.1) is 0 Å². The number of nitrogens with two attached hydrogens (primary N) is 1. The van der Waals surface area contributed by atoms with Gasteiger partial charge in [0.15, 0.2) is 0 Å². The lowest BCUT2D eigenvalue weighted by Gasteiger charge is -2.26. The summed E-state index contributed by atoms with van der Waals surface area (Å²) in [4.78, 5) is 21.6. The highest BCUT2D eigenvalue weighted by Gasteiger charge is 2.40. The summed E-state index contributed by atoms with van der Waals surface area (Å²) in [5, 5.41) is 15.6. The zero-order chi connectivity index (χ0) is 16.8. The lowest BCUT2D eigenvalue weighted by atomic mass is 9.98. The lowest BCUT2D eigenvalue weighted by molar-refractivity contribution is -0.134. The molecule has 1 aliphatic carbocycles. The quantitative estimate of drug-likeness (QED) is 0.732. The summed E-state index contributed by atoms with van der Waals surface area (Å²) >= 11 is 0. The van der Waals surface area contributed by atoms with Gasteiger partial charge in [-0.1, -0.05) is 24.6 Å². The summed E-state index contributed by atoms with van der Waals surface area (Å²) < 4.78 is 0. The first kappa shape index (κ1) is 17.0. The van der Waals surface area contributed by atoms with Crippen LogP contribution < -0.4 is 10.6 Å². The van der Waals surface area contributed by atoms with Crippen LogP contribution in [-0.4, -0.2) is 41.3 Å². The predicted molar refractivity (Wildman–Crippen MR) is 87.6 cm³/mol. The fourth-order valence-corrected chi connectivity index (χ4v) is 3.49. The number of fused-ring (bicyclic) bond motifs is 3. The van der Waals surface area contributed by atoms with E-state index in [1.807, 2.05) is 0 Å². The maximum Gasteiger partial charge on any atom is 0.328 e. The van der Waals surface area contributed by atoms with Crippen LogP contribution >= 0.6 is 0 Å². The smallest absolute Gasteiger partial charge is 0.328 e. The van der Waals surface area contributed by atoms with Crippen LogP contribution in [0.4, 0.5) is 5.69 Å². The van der Waals surface area contributed by atoms with Crippen LogP contribution in [0.15, 0.2) is 36.4 Å². The molecule has 0 aromatic heterocycles. The van der Waals surface area contributed by atoms with E-state index in [1.54, 1.807) is 5.56 Å². The maximum atomic E-state index is 9.55. The Bertz CT molecular complexity index is 584. The molecule has 2 atom stereocenters. The van der Waals surface area contributed by atoms with Crippen LogP contribution in [0.25, 0.3) is 0 Å². The third-order valence-corrected chi connectivity index (χ3v) is 4.26. The Morgan fingerprint density at radius 2 is 1.83 bits per heavy atom. The first-order valence-electron chi connectivity index (χ1n) is 7.74. The monoisotopic (exact) mass is 318 g/mol. The van der Waals surface area contributed by atoms with Gasteiger partial charge in [-0.3, -0.25) is 0 Å². The van der Waals surface area contributed by atoms with Gasteiger partial charge in [-0.05, 0) is 24.5 Å². The number of para-hydroxylation sites is 1. The molecule has 2 unspecified atom stereocenters. The summed E-state index contributed by atoms with van der Waals surface area (Å²) in [7, 11) is 0. The molecular weight excluding hydrogens is 296 g/mol. The number of carboxylic acids is 2. The summed E-state index contributed by atoms with van der Waals surface area (Å²) in [6.45, 7) is 1.77. The average molecular weight is 318 g/mol. The highest BCUT2D eigenvalue weighted by atomic mass is 16.4. The minimum atomic E-state index is -1.26. The molecule has 1 saturated carbocycles. The van der Waals surface area contributed by atoms with Gasteiger partial charge in [0, 0.05) is 42.9 Å². The second-order valence-electron chi connectivity index (χ2n) is 5.66. The van der Waals surface area contributed by atoms with Crippen molar-refractivity contribution in [1.82, 2.24) is 0 Å². The zero-order valence-electron chi connectivity index (χ0n) is 12.9. The number of hydrogen-bond acceptors (Lipinski definition) is 4. The number of benzene rings is 1. The maximum absolute atomic E-state index is 9.55. The third-order valence-electron chi connectivity index (χ3n) is 4.26. The molecule has 1 aromatic rings. The van der Waals surface area contributed by atoms with E-state index in [-0.39, 0.29) is 0 Å². The van der Waals surface area contributed by atoms with E-state index in [0.29, 0.717) is 12.2 Å². The fourth-order valence-electron chi connectivity index (χ4n) is 3.49. The second kappa shape index (κ2) is 7.78. The third kappa shape index (κ3) is 4.10. The van der Waals surface area contributed by atoms with Gasteiger partial charge in [0.1, 0.15) is 0 Å². The van der Waals surface area contributed by atoms with Crippen molar-refractivity contribution in [3.05, 3.63) is 42.0 Å². The molecular formula is C17H22N2O4. The largest absolute Gasteiger partial charge is 0.478 e. The first-order valence-corrected chi connectivity index (χ1v) is 7.74. The molecule has 3 rings (SSSR count). The molecule has 2 aliphatic rings. The molecule has 0 saturated heterocycles. The van der Waals surface area contributed by atoms with Gasteiger partial charge in [-0.25, -0.2) is 9.59 Å². The number of nitrogens with zero attached hydrogens (tertiary/aromatic N) is 1. The molecule has 6 heteroatoms. The van der Waals surface area contributed by atoms with Crippen molar-refractivity contribution in [1.29, 1.82) is 0 Å². The van der Waals surface area contributed by atoms with E-state index in [9.17, 15) is 9.59 Å². The van der Waals surface area contributed by atoms with Crippen molar-refractivity contribution < 1.29 is 19.8 Å². The molecule has 0 amide bonds. The number of rotatable bonds is 4. The van der Waals surface area contributed by atoms with Gasteiger partial charge in [-0.15, -0.1) is 0 Å². The molecule has 23 heavy (non-hydrogen) atoms. The molecule has 1 aromatic carbocycles. The Labute approximate surface area is 135 Å². The molecule has 0 radical (unpaired) electrons. The molecule has 4 N–H and O–H groups in total. The molecule has 0 spiro atoms. The summed E-state index contributed by atoms with van der Waals surface area (Å²) in [6, 6.07) is 9.60. The SMILES string of the molecule is NCCN1c2ccccc2C2CCCC21.O=C(O)C=CC(=O)O. The van der Waals surface area contributed by atoms with Crippen LogP contribution in [0.2, 0.25) is 0 Å². The van der Waals surface area contributed by atoms with Gasteiger partial charge < -0.3 is 20.8 Å². The van der Waals surface area contributed by atoms with E-state index in [0.717, 1.165) is 25.0 Å². The predicted octanol–water partition coefficient (Wildman–Crippen LogP) is 1.81. The van der Waals surface area contributed by atoms with Crippen molar-refractivity contribution in [3.8, 4) is 0 Å². The number of carbonyl (C=O) groups is 2. The minimum Gasteiger partial charge on any atom is -0.478 e. The minimum absolute atomic E-state index is 0.558. The van der Waals surface area contributed by atoms with E-state index < -0.39 is 11.9 Å². The normalized spacial score (nSPS) is 21.5. The molecule has 1 aliphatic heterocycles. The van der Waals surface area contributed by atoms with Crippen molar-refractivity contribution in [3.63, 3.8) is 0 Å². The van der Waals surface area contributed by atoms with E-state index in [4.69, 9.17) is 15.9 Å². The Kier molecular flexibility index (Phi) is 5.76. The summed E-state index contributed by atoms with van der Waals surface area (Å²) in [5.74, 6) is -1.73. The molecule has 0 bridgehead atoms. The van der Waals surface area contributed by atoms with Crippen molar-refractivity contribution in [2.24, 2.45) is 5.73 Å². The fraction of sp³-hybridized carbons (Fsp3) is 0.412. The van der Waals surface area contributed by atoms with Gasteiger partial charge in [-0.2, -0.15) is 0 Å². The Balaban J connectivity index is 0.000000207. The van der Waals surface area contributed by atoms with Crippen LogP contribution in [0.5, 0.6) is 0 Å². The van der Waals surface area contributed by atoms with E-state index >= 15 is 0 Å². The van der Waals surface area contributed by atoms with Gasteiger partial charge in [0.25, 0.3) is 0 Å². The van der Waals surface area contributed by atoms with Crippen molar-refractivity contribution >= 4 is 17.6 Å². The second-order valence-corrected chi connectivity index (χ2v) is 5.66. The van der Waals surface area contributed by atoms with E-state index in [1.165, 1.54) is 24.9 Å². The number of carboxylic acid groups (broad SMARTS) is 2. The lowest BCUT2D eigenvalue weighted by Crippen LogP contribution is -2.35. The van der Waals surface area contributed by atoms with Crippen LogP contribution in [-0.2, 0) is 9.59 Å². The number of hydrogen-bond donors (Lipinski definition) is 3. The highest BCUT2D eigenvalue weighted by molar-refractivity contribution is 5.89. The Morgan fingerprint density at radius 1 is 1.17 bits per heavy atom. The van der Waals surface area contributed by atoms with Crippen LogP contribution in [0.3, 0.4) is 0 Å². The van der Waals surface area contributed by atoms with Crippen LogP contribution in [0.1, 0.15) is 30.7 Å². The average Bonchev–Trinajstić information content (AvgIpc) is 3.09. The Morgan fingerprint density at radius 3 is 2.43 bits per heavy atom. The van der Waals surface area contributed by atoms with Gasteiger partial charge in [0.2, 0.25) is 0 Å². The number of anilines is 1. The molecule has 1 fully saturated rings. The summed E-state index contributed by atoms with van der Waals surface area (Å²) in [6.07, 6.45) is 5.21. The van der Waals surface area contributed by atoms with Crippen molar-refractivity contribution in [2.45, 2.75) is 31.2 Å². The number of aliphatic carboxylic acids is 2. The molecule has 1 heterocycles. The van der Waals surface area contributed by atoms with Gasteiger partial charge in [0.05, 0.1) is 0 Å². The Hall–Kier alpha value is -2.34. The van der Waals surface area contributed by atoms with Gasteiger partial charge >= 0.3 is 11.9 Å². The summed E-state index contributed by atoms with van der Waals surface area (Å²) in [5.41, 5.74) is 8.71. The van der Waals surface area contributed by atoms with Crippen molar-refractivity contribution in [2.75, 3.05) is 18.0 Å².